The highest BCUT2D eigenvalue weighted by atomic mass is 19.4. The Bertz CT molecular complexity index is 983. The highest BCUT2D eigenvalue weighted by molar-refractivity contribution is 6.07. The number of allylic oxidation sites excluding steroid dienone is 2. The van der Waals surface area contributed by atoms with E-state index in [0.29, 0.717) is 23.6 Å². The summed E-state index contributed by atoms with van der Waals surface area (Å²) in [5.74, 6) is -1.97. The van der Waals surface area contributed by atoms with Crippen molar-refractivity contribution in [2.75, 3.05) is 19.0 Å². The van der Waals surface area contributed by atoms with Crippen molar-refractivity contribution in [1.82, 2.24) is 0 Å². The summed E-state index contributed by atoms with van der Waals surface area (Å²) in [5, 5.41) is 3.00. The van der Waals surface area contributed by atoms with Gasteiger partial charge < -0.3 is 14.8 Å². The van der Waals surface area contributed by atoms with Gasteiger partial charge in [-0.3, -0.25) is 9.59 Å². The van der Waals surface area contributed by atoms with E-state index < -0.39 is 35.3 Å². The van der Waals surface area contributed by atoms with Crippen LogP contribution in [-0.2, 0) is 20.5 Å². The summed E-state index contributed by atoms with van der Waals surface area (Å²) < 4.78 is 48.7. The van der Waals surface area contributed by atoms with Crippen LogP contribution >= 0.6 is 0 Å². The summed E-state index contributed by atoms with van der Waals surface area (Å²) in [6.07, 6.45) is -2.82. The maximum atomic E-state index is 12.8. The van der Waals surface area contributed by atoms with Crippen LogP contribution in [0.3, 0.4) is 0 Å². The molecule has 0 bridgehead atoms. The molecule has 1 aliphatic rings. The number of esters is 1. The normalized spacial score (nSPS) is 18.9. The van der Waals surface area contributed by atoms with Gasteiger partial charge in [0.2, 0.25) is 0 Å². The third kappa shape index (κ3) is 5.25. The third-order valence-electron chi connectivity index (χ3n) is 5.04. The maximum absolute atomic E-state index is 12.8. The number of halogens is 3. The van der Waals surface area contributed by atoms with Crippen molar-refractivity contribution in [3.05, 3.63) is 71.4 Å². The highest BCUT2D eigenvalue weighted by Gasteiger charge is 2.40. The number of carbonyl (C=O) groups is 2. The minimum Gasteiger partial charge on any atom is -0.497 e. The van der Waals surface area contributed by atoms with Crippen molar-refractivity contribution in [3.63, 3.8) is 0 Å². The Morgan fingerprint density at radius 2 is 1.87 bits per heavy atom. The number of hydrogen-bond acceptors (Lipinski definition) is 5. The van der Waals surface area contributed by atoms with Gasteiger partial charge in [-0.05, 0) is 55.3 Å². The lowest BCUT2D eigenvalue weighted by Gasteiger charge is -2.30. The van der Waals surface area contributed by atoms with Crippen LogP contribution in [0, 0.1) is 5.92 Å². The molecule has 2 aromatic carbocycles. The van der Waals surface area contributed by atoms with Crippen molar-refractivity contribution >= 4 is 17.4 Å². The largest absolute Gasteiger partial charge is 0.497 e. The van der Waals surface area contributed by atoms with E-state index in [4.69, 9.17) is 9.47 Å². The van der Waals surface area contributed by atoms with Gasteiger partial charge in [-0.25, -0.2) is 0 Å². The van der Waals surface area contributed by atoms with Gasteiger partial charge in [0.1, 0.15) is 11.7 Å². The van der Waals surface area contributed by atoms with Crippen molar-refractivity contribution in [3.8, 4) is 5.75 Å². The van der Waals surface area contributed by atoms with Crippen LogP contribution in [0.5, 0.6) is 5.75 Å². The first-order valence-corrected chi connectivity index (χ1v) is 9.72. The van der Waals surface area contributed by atoms with Gasteiger partial charge in [0.25, 0.3) is 0 Å². The zero-order chi connectivity index (χ0) is 22.6. The summed E-state index contributed by atoms with van der Waals surface area (Å²) in [7, 11) is 1.52. The van der Waals surface area contributed by atoms with Crippen molar-refractivity contribution in [2.24, 2.45) is 5.92 Å². The van der Waals surface area contributed by atoms with E-state index in [1.807, 2.05) is 0 Å². The first kappa shape index (κ1) is 22.4. The summed E-state index contributed by atoms with van der Waals surface area (Å²) in [6.45, 7) is 1.81. The first-order valence-electron chi connectivity index (χ1n) is 9.72. The highest BCUT2D eigenvalue weighted by Crippen LogP contribution is 2.38. The van der Waals surface area contributed by atoms with Crippen molar-refractivity contribution < 1.29 is 32.2 Å². The fourth-order valence-corrected chi connectivity index (χ4v) is 3.58. The number of hydrogen-bond donors (Lipinski definition) is 1. The standard InChI is InChI=1S/C23H22F3NO4/c1-3-31-22(29)21-19(14-5-4-6-18(11-14)30-2)12-17(13-20(21)28)27-16-9-7-15(8-10-16)23(24,25)26/h4-11,13,19,21,27H,3,12H2,1-2H3/t19-,21-/m1/s1. The van der Waals surface area contributed by atoms with Crippen LogP contribution in [0.4, 0.5) is 18.9 Å². The topological polar surface area (TPSA) is 64.6 Å². The quantitative estimate of drug-likeness (QED) is 0.516. The Balaban J connectivity index is 1.90. The molecule has 0 radical (unpaired) electrons. The molecule has 2 aromatic rings. The van der Waals surface area contributed by atoms with E-state index in [1.54, 1.807) is 31.2 Å². The molecule has 0 heterocycles. The number of ether oxygens (including phenoxy) is 2. The molecule has 0 fully saturated rings. The summed E-state index contributed by atoms with van der Waals surface area (Å²) >= 11 is 0. The molecule has 0 unspecified atom stereocenters. The number of nitrogens with one attached hydrogen (secondary N) is 1. The minimum absolute atomic E-state index is 0.147. The number of rotatable bonds is 6. The Labute approximate surface area is 177 Å². The second kappa shape index (κ2) is 9.24. The van der Waals surface area contributed by atoms with Gasteiger partial charge in [0.05, 0.1) is 19.3 Å². The second-order valence-electron chi connectivity index (χ2n) is 7.09. The van der Waals surface area contributed by atoms with Gasteiger partial charge in [-0.1, -0.05) is 12.1 Å². The SMILES string of the molecule is CCOC(=O)[C@H]1C(=O)C=C(Nc2ccc(C(F)(F)F)cc2)C[C@@H]1c1cccc(OC)c1. The Kier molecular flexibility index (Phi) is 6.68. The second-order valence-corrected chi connectivity index (χ2v) is 7.09. The number of anilines is 1. The molecule has 1 aliphatic carbocycles. The molecular formula is C23H22F3NO4. The smallest absolute Gasteiger partial charge is 0.416 e. The molecule has 0 saturated heterocycles. The van der Waals surface area contributed by atoms with Crippen LogP contribution in [-0.4, -0.2) is 25.5 Å². The molecule has 31 heavy (non-hydrogen) atoms. The molecule has 0 amide bonds. The summed E-state index contributed by atoms with van der Waals surface area (Å²) in [6, 6.07) is 11.6. The van der Waals surface area contributed by atoms with Crippen LogP contribution in [0.15, 0.2) is 60.3 Å². The van der Waals surface area contributed by atoms with Gasteiger partial charge >= 0.3 is 12.1 Å². The Hall–Kier alpha value is -3.29. The van der Waals surface area contributed by atoms with Crippen LogP contribution in [0.25, 0.3) is 0 Å². The van der Waals surface area contributed by atoms with Gasteiger partial charge in [-0.2, -0.15) is 13.2 Å². The fourth-order valence-electron chi connectivity index (χ4n) is 3.58. The Morgan fingerprint density at radius 3 is 2.48 bits per heavy atom. The molecule has 0 saturated carbocycles. The lowest BCUT2D eigenvalue weighted by atomic mass is 9.76. The molecular weight excluding hydrogens is 411 g/mol. The number of methoxy groups -OCH3 is 1. The van der Waals surface area contributed by atoms with Crippen LogP contribution in [0.2, 0.25) is 0 Å². The van der Waals surface area contributed by atoms with E-state index in [0.717, 1.165) is 17.7 Å². The Morgan fingerprint density at radius 1 is 1.16 bits per heavy atom. The van der Waals surface area contributed by atoms with E-state index in [2.05, 4.69) is 5.32 Å². The fraction of sp³-hybridized carbons (Fsp3) is 0.304. The van der Waals surface area contributed by atoms with E-state index in [9.17, 15) is 22.8 Å². The van der Waals surface area contributed by atoms with Gasteiger partial charge in [0, 0.05) is 23.4 Å². The molecule has 164 valence electrons. The van der Waals surface area contributed by atoms with E-state index in [1.165, 1.54) is 25.3 Å². The lowest BCUT2D eigenvalue weighted by molar-refractivity contribution is -0.151. The zero-order valence-electron chi connectivity index (χ0n) is 17.0. The van der Waals surface area contributed by atoms with E-state index in [-0.39, 0.29) is 6.61 Å². The molecule has 0 aromatic heterocycles. The lowest BCUT2D eigenvalue weighted by Crippen LogP contribution is -2.35. The van der Waals surface area contributed by atoms with Gasteiger partial charge in [-0.15, -0.1) is 0 Å². The number of ketones is 1. The number of benzene rings is 2. The predicted octanol–water partition coefficient (Wildman–Crippen LogP) is 4.95. The van der Waals surface area contributed by atoms with Gasteiger partial charge in [0.15, 0.2) is 5.78 Å². The molecule has 0 aliphatic heterocycles. The summed E-state index contributed by atoms with van der Waals surface area (Å²) in [5.41, 5.74) is 0.873. The number of alkyl halides is 3. The van der Waals surface area contributed by atoms with Crippen LogP contribution < -0.4 is 10.1 Å². The molecule has 5 nitrogen and oxygen atoms in total. The first-order chi connectivity index (χ1) is 14.7. The van der Waals surface area contributed by atoms with Crippen molar-refractivity contribution in [1.29, 1.82) is 0 Å². The predicted molar refractivity (Wildman–Crippen MR) is 109 cm³/mol. The van der Waals surface area contributed by atoms with Crippen molar-refractivity contribution in [2.45, 2.75) is 25.4 Å². The molecule has 1 N–H and O–H groups in total. The zero-order valence-corrected chi connectivity index (χ0v) is 17.0. The maximum Gasteiger partial charge on any atom is 0.416 e. The monoisotopic (exact) mass is 433 g/mol. The molecule has 2 atom stereocenters. The summed E-state index contributed by atoms with van der Waals surface area (Å²) in [4.78, 5) is 25.4. The third-order valence-corrected chi connectivity index (χ3v) is 5.04. The average molecular weight is 433 g/mol. The molecule has 0 spiro atoms. The molecule has 3 rings (SSSR count). The molecule has 8 heteroatoms. The number of carbonyl (C=O) groups excluding carboxylic acids is 2. The van der Waals surface area contributed by atoms with Crippen LogP contribution in [0.1, 0.15) is 30.4 Å². The minimum atomic E-state index is -4.43. The van der Waals surface area contributed by atoms with E-state index >= 15 is 0 Å². The average Bonchev–Trinajstić information content (AvgIpc) is 2.73.